The predicted octanol–water partition coefficient (Wildman–Crippen LogP) is 1.35. The molecule has 3 aliphatic rings. The molecule has 3 amide bonds. The Morgan fingerprint density at radius 2 is 1.70 bits per heavy atom. The Balaban J connectivity index is 1.45. The van der Waals surface area contributed by atoms with Crippen molar-refractivity contribution < 1.29 is 29.4 Å². The van der Waals surface area contributed by atoms with Gasteiger partial charge in [0.25, 0.3) is 0 Å². The first-order valence-corrected chi connectivity index (χ1v) is 15.2. The van der Waals surface area contributed by atoms with Gasteiger partial charge in [-0.2, -0.15) is 0 Å². The highest BCUT2D eigenvalue weighted by atomic mass is 33.1. The first kappa shape index (κ1) is 27.6. The van der Waals surface area contributed by atoms with Crippen molar-refractivity contribution in [2.75, 3.05) is 24.6 Å². The van der Waals surface area contributed by atoms with E-state index in [1.165, 1.54) is 21.6 Å². The Kier molecular flexibility index (Phi) is 9.25. The highest BCUT2D eigenvalue weighted by Crippen LogP contribution is 2.41. The number of aliphatic carboxylic acids is 1. The number of rotatable bonds is 4. The van der Waals surface area contributed by atoms with Gasteiger partial charge in [-0.25, -0.2) is 4.79 Å². The first-order valence-electron chi connectivity index (χ1n) is 12.7. The molecule has 1 spiro atoms. The van der Waals surface area contributed by atoms with Gasteiger partial charge in [-0.05, 0) is 49.9 Å². The maximum absolute atomic E-state index is 13.3. The lowest BCUT2D eigenvalue weighted by atomic mass is 9.81. The summed E-state index contributed by atoms with van der Waals surface area (Å²) in [5.74, 6) is -1.46. The van der Waals surface area contributed by atoms with Crippen molar-refractivity contribution in [1.29, 1.82) is 0 Å². The van der Waals surface area contributed by atoms with E-state index in [0.29, 0.717) is 25.8 Å². The summed E-state index contributed by atoms with van der Waals surface area (Å²) in [6.07, 6.45) is 4.27. The van der Waals surface area contributed by atoms with Crippen LogP contribution in [0.2, 0.25) is 0 Å². The second-order valence-electron chi connectivity index (χ2n) is 9.94. The first-order chi connectivity index (χ1) is 17.8. The molecule has 2 heterocycles. The topological polar surface area (TPSA) is 157 Å². The van der Waals surface area contributed by atoms with Gasteiger partial charge in [-0.3, -0.25) is 14.4 Å². The number of nitrogens with one attached hydrogen (secondary N) is 4. The zero-order valence-corrected chi connectivity index (χ0v) is 22.2. The number of benzene rings is 1. The van der Waals surface area contributed by atoms with E-state index in [9.17, 15) is 29.4 Å². The molecule has 4 rings (SSSR count). The number of carbonyl (C=O) groups is 4. The molecule has 0 unspecified atom stereocenters. The van der Waals surface area contributed by atoms with Gasteiger partial charge < -0.3 is 31.5 Å². The summed E-state index contributed by atoms with van der Waals surface area (Å²) in [5.41, 5.74) is 0.252. The molecule has 202 valence electrons. The van der Waals surface area contributed by atoms with Crippen molar-refractivity contribution in [3.63, 3.8) is 0 Å². The lowest BCUT2D eigenvalue weighted by Crippen LogP contribution is -2.54. The average Bonchev–Trinajstić information content (AvgIpc) is 3.55. The number of phenols is 1. The summed E-state index contributed by atoms with van der Waals surface area (Å²) >= 11 is 0. The third-order valence-corrected chi connectivity index (χ3v) is 9.98. The van der Waals surface area contributed by atoms with Crippen molar-refractivity contribution in [2.24, 2.45) is 5.41 Å². The molecular weight excluding hydrogens is 516 g/mol. The smallest absolute Gasteiger partial charge is 0.327 e. The van der Waals surface area contributed by atoms with E-state index in [4.69, 9.17) is 0 Å². The molecule has 2 aliphatic heterocycles. The average molecular weight is 551 g/mol. The normalized spacial score (nSPS) is 28.9. The molecule has 2 saturated heterocycles. The number of carboxylic acid groups (broad SMARTS) is 1. The minimum atomic E-state index is -1.09. The van der Waals surface area contributed by atoms with Crippen LogP contribution in [0.15, 0.2) is 24.3 Å². The number of amides is 3. The van der Waals surface area contributed by atoms with Gasteiger partial charge in [0.05, 0.1) is 11.5 Å². The number of phenolic OH excluding ortho intramolecular Hbond substituents is 1. The lowest BCUT2D eigenvalue weighted by molar-refractivity contribution is -0.143. The van der Waals surface area contributed by atoms with Crippen LogP contribution < -0.4 is 21.3 Å². The Labute approximate surface area is 223 Å². The Hall–Kier alpha value is -2.44. The highest BCUT2D eigenvalue weighted by molar-refractivity contribution is 8.76. The third-order valence-electron chi connectivity index (χ3n) is 7.56. The van der Waals surface area contributed by atoms with Crippen molar-refractivity contribution in [2.45, 2.75) is 62.6 Å². The van der Waals surface area contributed by atoms with Gasteiger partial charge in [-0.15, -0.1) is 0 Å². The molecule has 1 aromatic carbocycles. The van der Waals surface area contributed by atoms with Crippen molar-refractivity contribution in [3.8, 4) is 5.75 Å². The van der Waals surface area contributed by atoms with Crippen molar-refractivity contribution >= 4 is 45.3 Å². The number of carboxylic acids is 1. The largest absolute Gasteiger partial charge is 0.508 e. The Morgan fingerprint density at radius 1 is 1.00 bits per heavy atom. The van der Waals surface area contributed by atoms with Gasteiger partial charge >= 0.3 is 5.97 Å². The summed E-state index contributed by atoms with van der Waals surface area (Å²) in [5, 5.41) is 31.0. The van der Waals surface area contributed by atoms with E-state index in [0.717, 1.165) is 24.8 Å². The fourth-order valence-electron chi connectivity index (χ4n) is 5.41. The zero-order valence-electron chi connectivity index (χ0n) is 20.5. The predicted molar refractivity (Wildman–Crippen MR) is 142 cm³/mol. The maximum atomic E-state index is 13.3. The monoisotopic (exact) mass is 550 g/mol. The molecule has 37 heavy (non-hydrogen) atoms. The van der Waals surface area contributed by atoms with Crippen LogP contribution in [0.4, 0.5) is 0 Å². The molecule has 1 saturated carbocycles. The van der Waals surface area contributed by atoms with Gasteiger partial charge in [0.1, 0.15) is 17.8 Å². The summed E-state index contributed by atoms with van der Waals surface area (Å²) < 4.78 is 0. The molecule has 3 fully saturated rings. The molecule has 12 heteroatoms. The molecule has 0 aromatic heterocycles. The lowest BCUT2D eigenvalue weighted by Gasteiger charge is -2.29. The zero-order chi connectivity index (χ0) is 26.4. The van der Waals surface area contributed by atoms with Crippen LogP contribution in [0.25, 0.3) is 0 Å². The van der Waals surface area contributed by atoms with Crippen molar-refractivity contribution in [3.05, 3.63) is 29.8 Å². The van der Waals surface area contributed by atoms with Gasteiger partial charge in [0.2, 0.25) is 17.7 Å². The molecule has 1 aromatic rings. The quantitative estimate of drug-likeness (QED) is 0.305. The minimum Gasteiger partial charge on any atom is -0.508 e. The second kappa shape index (κ2) is 12.4. The van der Waals surface area contributed by atoms with E-state index in [2.05, 4.69) is 21.3 Å². The molecule has 6 N–H and O–H groups in total. The van der Waals surface area contributed by atoms with Crippen molar-refractivity contribution in [1.82, 2.24) is 21.3 Å². The van der Waals surface area contributed by atoms with Crippen LogP contribution >= 0.6 is 21.6 Å². The SMILES string of the molecule is O=C(O)[C@@H]1CSSC[C@H](NC(=O)[C@H]2NCC[C@@H]2c2ccc(O)cc2)C(=O)NCCC2(CCCC2)C(=O)N1. The molecular formula is C25H34N4O6S2. The van der Waals surface area contributed by atoms with E-state index in [-0.39, 0.29) is 47.4 Å². The summed E-state index contributed by atoms with van der Waals surface area (Å²) in [4.78, 5) is 51.3. The molecule has 0 bridgehead atoms. The van der Waals surface area contributed by atoms with E-state index < -0.39 is 29.5 Å². The molecule has 4 atom stereocenters. The molecule has 1 aliphatic carbocycles. The number of hydrogen-bond donors (Lipinski definition) is 6. The van der Waals surface area contributed by atoms with Gasteiger partial charge in [0, 0.05) is 24.0 Å². The summed E-state index contributed by atoms with van der Waals surface area (Å²) in [7, 11) is 2.55. The summed E-state index contributed by atoms with van der Waals surface area (Å²) in [6, 6.07) is 4.46. The van der Waals surface area contributed by atoms with Crippen LogP contribution in [-0.4, -0.2) is 76.6 Å². The van der Waals surface area contributed by atoms with E-state index >= 15 is 0 Å². The number of aromatic hydroxyl groups is 1. The number of hydrogen-bond acceptors (Lipinski definition) is 8. The van der Waals surface area contributed by atoms with Gasteiger partial charge in [-0.1, -0.05) is 46.6 Å². The third kappa shape index (κ3) is 6.71. The van der Waals surface area contributed by atoms with Crippen LogP contribution in [0.1, 0.15) is 50.0 Å². The Bertz CT molecular complexity index is 1000. The fourth-order valence-corrected chi connectivity index (χ4v) is 7.73. The molecule has 10 nitrogen and oxygen atoms in total. The standard InChI is InChI=1S/C25H34N4O6S2/c30-16-5-3-15(4-6-16)17-7-11-26-20(17)22(32)28-18-13-36-37-14-19(23(33)34)29-24(35)25(8-1-2-9-25)10-12-27-21(18)31/h3-6,17-20,26,30H,1-2,7-14H2,(H,27,31)(H,28,32)(H,29,35)(H,33,34)/t17-,18+,19+,20+/m1/s1. The van der Waals surface area contributed by atoms with Crippen LogP contribution in [0.5, 0.6) is 5.75 Å². The van der Waals surface area contributed by atoms with Gasteiger partial charge in [0.15, 0.2) is 0 Å². The minimum absolute atomic E-state index is 0.0870. The van der Waals surface area contributed by atoms with Crippen LogP contribution in [0, 0.1) is 5.41 Å². The summed E-state index contributed by atoms with van der Waals surface area (Å²) in [6.45, 7) is 0.927. The second-order valence-corrected chi connectivity index (χ2v) is 12.5. The van der Waals surface area contributed by atoms with E-state index in [1.807, 2.05) is 0 Å². The van der Waals surface area contributed by atoms with Crippen LogP contribution in [-0.2, 0) is 19.2 Å². The molecule has 0 radical (unpaired) electrons. The van der Waals surface area contributed by atoms with Crippen LogP contribution in [0.3, 0.4) is 0 Å². The Morgan fingerprint density at radius 3 is 2.41 bits per heavy atom. The van der Waals surface area contributed by atoms with E-state index in [1.54, 1.807) is 24.3 Å². The fraction of sp³-hybridized carbons (Fsp3) is 0.600. The highest BCUT2D eigenvalue weighted by Gasteiger charge is 2.42. The maximum Gasteiger partial charge on any atom is 0.327 e. The number of carbonyl (C=O) groups excluding carboxylic acids is 3.